The SMILES string of the molecule is COc1ccc(OCCCC(=O)N[C@H]2CCCc3ccccc32)cc1. The molecule has 132 valence electrons. The lowest BCUT2D eigenvalue weighted by Crippen LogP contribution is -2.31. The molecule has 2 aromatic rings. The van der Waals surface area contributed by atoms with Gasteiger partial charge in [0.05, 0.1) is 19.8 Å². The van der Waals surface area contributed by atoms with E-state index in [1.165, 1.54) is 11.1 Å². The van der Waals surface area contributed by atoms with Gasteiger partial charge in [-0.05, 0) is 61.1 Å². The first kappa shape index (κ1) is 17.3. The van der Waals surface area contributed by atoms with Gasteiger partial charge in [-0.2, -0.15) is 0 Å². The lowest BCUT2D eigenvalue weighted by molar-refractivity contribution is -0.122. The third-order valence-corrected chi connectivity index (χ3v) is 4.58. The molecule has 0 heterocycles. The van der Waals surface area contributed by atoms with Crippen LogP contribution >= 0.6 is 0 Å². The van der Waals surface area contributed by atoms with Crippen LogP contribution in [0.15, 0.2) is 48.5 Å². The summed E-state index contributed by atoms with van der Waals surface area (Å²) in [6.07, 6.45) is 4.44. The molecule has 0 saturated heterocycles. The van der Waals surface area contributed by atoms with Crippen LogP contribution in [0, 0.1) is 0 Å². The van der Waals surface area contributed by atoms with Gasteiger partial charge in [-0.25, -0.2) is 0 Å². The summed E-state index contributed by atoms with van der Waals surface area (Å²) in [4.78, 5) is 12.2. The smallest absolute Gasteiger partial charge is 0.220 e. The summed E-state index contributed by atoms with van der Waals surface area (Å²) in [5.41, 5.74) is 2.64. The maximum absolute atomic E-state index is 12.2. The van der Waals surface area contributed by atoms with Crippen LogP contribution in [0.2, 0.25) is 0 Å². The van der Waals surface area contributed by atoms with Crippen LogP contribution < -0.4 is 14.8 Å². The molecular formula is C21H25NO3. The van der Waals surface area contributed by atoms with E-state index in [-0.39, 0.29) is 11.9 Å². The van der Waals surface area contributed by atoms with Crippen molar-refractivity contribution in [3.8, 4) is 11.5 Å². The van der Waals surface area contributed by atoms with Crippen molar-refractivity contribution >= 4 is 5.91 Å². The van der Waals surface area contributed by atoms with Gasteiger partial charge < -0.3 is 14.8 Å². The van der Waals surface area contributed by atoms with E-state index in [1.807, 2.05) is 30.3 Å². The first-order valence-corrected chi connectivity index (χ1v) is 8.90. The first-order chi connectivity index (χ1) is 12.3. The zero-order valence-electron chi connectivity index (χ0n) is 14.7. The van der Waals surface area contributed by atoms with Crippen molar-refractivity contribution in [2.24, 2.45) is 0 Å². The van der Waals surface area contributed by atoms with Gasteiger partial charge in [-0.3, -0.25) is 4.79 Å². The molecule has 0 saturated carbocycles. The highest BCUT2D eigenvalue weighted by Gasteiger charge is 2.20. The second-order valence-corrected chi connectivity index (χ2v) is 6.34. The van der Waals surface area contributed by atoms with Crippen LogP contribution in [-0.4, -0.2) is 19.6 Å². The van der Waals surface area contributed by atoms with Crippen molar-refractivity contribution in [3.05, 3.63) is 59.7 Å². The van der Waals surface area contributed by atoms with Crippen molar-refractivity contribution in [2.45, 2.75) is 38.1 Å². The van der Waals surface area contributed by atoms with Gasteiger partial charge in [0.15, 0.2) is 0 Å². The van der Waals surface area contributed by atoms with Crippen molar-refractivity contribution in [3.63, 3.8) is 0 Å². The molecule has 0 aliphatic heterocycles. The number of benzene rings is 2. The molecule has 4 heteroatoms. The Morgan fingerprint density at radius 2 is 1.88 bits per heavy atom. The van der Waals surface area contributed by atoms with Crippen molar-refractivity contribution < 1.29 is 14.3 Å². The number of carbonyl (C=O) groups excluding carboxylic acids is 1. The van der Waals surface area contributed by atoms with Gasteiger partial charge in [0.25, 0.3) is 0 Å². The summed E-state index contributed by atoms with van der Waals surface area (Å²) in [5, 5.41) is 3.18. The topological polar surface area (TPSA) is 47.6 Å². The standard InChI is InChI=1S/C21H25NO3/c1-24-17-11-13-18(14-12-17)25-15-5-10-21(23)22-20-9-4-7-16-6-2-3-8-19(16)20/h2-3,6,8,11-14,20H,4-5,7,9-10,15H2,1H3,(H,22,23)/t20-/m0/s1. The fourth-order valence-electron chi connectivity index (χ4n) is 3.27. The molecular weight excluding hydrogens is 314 g/mol. The normalized spacial score (nSPS) is 16.0. The van der Waals surface area contributed by atoms with Crippen LogP contribution in [0.4, 0.5) is 0 Å². The quantitative estimate of drug-likeness (QED) is 0.774. The van der Waals surface area contributed by atoms with E-state index in [2.05, 4.69) is 23.5 Å². The zero-order valence-corrected chi connectivity index (χ0v) is 14.7. The second kappa shape index (κ2) is 8.56. The Morgan fingerprint density at radius 1 is 1.12 bits per heavy atom. The molecule has 0 spiro atoms. The minimum absolute atomic E-state index is 0.0973. The number of rotatable bonds is 7. The largest absolute Gasteiger partial charge is 0.497 e. The van der Waals surface area contributed by atoms with E-state index in [4.69, 9.17) is 9.47 Å². The molecule has 0 unspecified atom stereocenters. The third-order valence-electron chi connectivity index (χ3n) is 4.58. The van der Waals surface area contributed by atoms with E-state index >= 15 is 0 Å². The average Bonchev–Trinajstić information content (AvgIpc) is 2.66. The number of ether oxygens (including phenoxy) is 2. The predicted octanol–water partition coefficient (Wildman–Crippen LogP) is 4.05. The lowest BCUT2D eigenvalue weighted by Gasteiger charge is -2.26. The van der Waals surface area contributed by atoms with Crippen LogP contribution in [0.3, 0.4) is 0 Å². The maximum Gasteiger partial charge on any atom is 0.220 e. The molecule has 0 radical (unpaired) electrons. The van der Waals surface area contributed by atoms with E-state index in [0.717, 1.165) is 30.8 Å². The Hall–Kier alpha value is -2.49. The van der Waals surface area contributed by atoms with Gasteiger partial charge in [-0.15, -0.1) is 0 Å². The number of hydrogen-bond donors (Lipinski definition) is 1. The molecule has 1 aliphatic carbocycles. The summed E-state index contributed by atoms with van der Waals surface area (Å²) in [7, 11) is 1.64. The van der Waals surface area contributed by atoms with Crippen molar-refractivity contribution in [1.82, 2.24) is 5.32 Å². The Morgan fingerprint density at radius 3 is 2.68 bits per heavy atom. The molecule has 1 aliphatic rings. The Bertz CT molecular complexity index is 697. The number of amides is 1. The fourth-order valence-corrected chi connectivity index (χ4v) is 3.27. The molecule has 0 aromatic heterocycles. The summed E-state index contributed by atoms with van der Waals surface area (Å²) >= 11 is 0. The van der Waals surface area contributed by atoms with Gasteiger partial charge in [0.2, 0.25) is 5.91 Å². The highest BCUT2D eigenvalue weighted by molar-refractivity contribution is 5.76. The Kier molecular flexibility index (Phi) is 5.94. The minimum atomic E-state index is 0.0973. The van der Waals surface area contributed by atoms with E-state index in [1.54, 1.807) is 7.11 Å². The summed E-state index contributed by atoms with van der Waals surface area (Å²) in [6.45, 7) is 0.529. The van der Waals surface area contributed by atoms with Crippen LogP contribution in [0.1, 0.15) is 42.9 Å². The fraction of sp³-hybridized carbons (Fsp3) is 0.381. The summed E-state index contributed by atoms with van der Waals surface area (Å²) in [6, 6.07) is 16.0. The molecule has 1 amide bonds. The van der Waals surface area contributed by atoms with Gasteiger partial charge in [-0.1, -0.05) is 24.3 Å². The lowest BCUT2D eigenvalue weighted by atomic mass is 9.87. The third kappa shape index (κ3) is 4.75. The van der Waals surface area contributed by atoms with Crippen LogP contribution in [0.5, 0.6) is 11.5 Å². The summed E-state index contributed by atoms with van der Waals surface area (Å²) in [5.74, 6) is 1.70. The average molecular weight is 339 g/mol. The molecule has 3 rings (SSSR count). The number of fused-ring (bicyclic) bond motifs is 1. The van der Waals surface area contributed by atoms with E-state index < -0.39 is 0 Å². The van der Waals surface area contributed by atoms with Crippen molar-refractivity contribution in [2.75, 3.05) is 13.7 Å². The van der Waals surface area contributed by atoms with E-state index in [0.29, 0.717) is 19.4 Å². The molecule has 0 fully saturated rings. The number of carbonyl (C=O) groups is 1. The number of aryl methyl sites for hydroxylation is 1. The zero-order chi connectivity index (χ0) is 17.5. The van der Waals surface area contributed by atoms with E-state index in [9.17, 15) is 4.79 Å². The van der Waals surface area contributed by atoms with Crippen LogP contribution in [-0.2, 0) is 11.2 Å². The Labute approximate surface area is 149 Å². The summed E-state index contributed by atoms with van der Waals surface area (Å²) < 4.78 is 10.8. The predicted molar refractivity (Wildman–Crippen MR) is 98.0 cm³/mol. The highest BCUT2D eigenvalue weighted by Crippen LogP contribution is 2.29. The number of nitrogens with one attached hydrogen (secondary N) is 1. The number of methoxy groups -OCH3 is 1. The minimum Gasteiger partial charge on any atom is -0.497 e. The molecule has 1 N–H and O–H groups in total. The first-order valence-electron chi connectivity index (χ1n) is 8.90. The molecule has 25 heavy (non-hydrogen) atoms. The Balaban J connectivity index is 1.41. The second-order valence-electron chi connectivity index (χ2n) is 6.34. The molecule has 2 aromatic carbocycles. The van der Waals surface area contributed by atoms with Crippen LogP contribution in [0.25, 0.3) is 0 Å². The highest BCUT2D eigenvalue weighted by atomic mass is 16.5. The maximum atomic E-state index is 12.2. The van der Waals surface area contributed by atoms with Crippen molar-refractivity contribution in [1.29, 1.82) is 0 Å². The molecule has 4 nitrogen and oxygen atoms in total. The molecule has 0 bridgehead atoms. The van der Waals surface area contributed by atoms with Gasteiger partial charge in [0, 0.05) is 6.42 Å². The molecule has 1 atom stereocenters. The number of hydrogen-bond acceptors (Lipinski definition) is 3. The monoisotopic (exact) mass is 339 g/mol. The van der Waals surface area contributed by atoms with Gasteiger partial charge in [0.1, 0.15) is 11.5 Å². The van der Waals surface area contributed by atoms with Gasteiger partial charge >= 0.3 is 0 Å².